The Balaban J connectivity index is -0.000000198. The van der Waals surface area contributed by atoms with E-state index in [1.165, 1.54) is 32.8 Å². The van der Waals surface area contributed by atoms with Crippen LogP contribution in [-0.2, 0) is 43.4 Å². The zero-order chi connectivity index (χ0) is 43.9. The summed E-state index contributed by atoms with van der Waals surface area (Å²) in [6.45, 7) is 3.50. The quantitative estimate of drug-likeness (QED) is 0.147. The molecule has 16 heteroatoms. The van der Waals surface area contributed by atoms with Crippen molar-refractivity contribution in [1.82, 2.24) is 20.3 Å². The number of aryl methyl sites for hydroxylation is 1. The zero-order valence-corrected chi connectivity index (χ0v) is 40.4. The SMILES string of the molecule is C.C.C.C.C.C.C.C.COCC1CC2(CC=CC2)C(=O)N1.COCC1CC2(CC=CC2)C(=O)N1S(=O)(=O)c1ccc(C)cc1.COCC1CC2(CCCC2)C(=O)N1.O=C1NC(CO)CC12CCCC2.[H-].[HH].[Na+]. The van der Waals surface area contributed by atoms with Gasteiger partial charge in [0.1, 0.15) is 0 Å². The molecule has 4 heterocycles. The number of methoxy groups -OCH3 is 3. The Bertz CT molecular complexity index is 1870. The monoisotopic (exact) mass is 1020 g/mol. The van der Waals surface area contributed by atoms with Crippen molar-refractivity contribution >= 4 is 33.7 Å². The van der Waals surface area contributed by atoms with E-state index in [2.05, 4.69) is 28.1 Å². The minimum atomic E-state index is -3.86. The first-order valence-electron chi connectivity index (χ1n) is 22.2. The Morgan fingerprint density at radius 3 is 1.33 bits per heavy atom. The van der Waals surface area contributed by atoms with Gasteiger partial charge >= 0.3 is 29.6 Å². The second-order valence-corrected chi connectivity index (χ2v) is 20.6. The molecule has 406 valence electrons. The maximum atomic E-state index is 13.0. The van der Waals surface area contributed by atoms with Crippen molar-refractivity contribution in [3.05, 3.63) is 54.1 Å². The third-order valence-electron chi connectivity index (χ3n) is 14.4. The van der Waals surface area contributed by atoms with Crippen molar-refractivity contribution in [3.63, 3.8) is 0 Å². The molecule has 4 amide bonds. The molecule has 70 heavy (non-hydrogen) atoms. The van der Waals surface area contributed by atoms with Crippen LogP contribution in [-0.4, -0.2) is 113 Å². The van der Waals surface area contributed by atoms with Gasteiger partial charge in [-0.05, 0) is 96.1 Å². The smallest absolute Gasteiger partial charge is 1.00 e. The summed E-state index contributed by atoms with van der Waals surface area (Å²) in [4.78, 5) is 48.0. The Kier molecular flexibility index (Phi) is 33.6. The number of benzene rings is 1. The largest absolute Gasteiger partial charge is 1.00 e. The molecule has 4 unspecified atom stereocenters. The third-order valence-corrected chi connectivity index (χ3v) is 16.2. The average molecular weight is 1020 g/mol. The van der Waals surface area contributed by atoms with Crippen LogP contribution in [0, 0.1) is 28.6 Å². The average Bonchev–Trinajstić information content (AvgIpc) is 4.11. The fraction of sp³-hybridized carbons (Fsp3) is 0.741. The molecule has 14 nitrogen and oxygen atoms in total. The van der Waals surface area contributed by atoms with Gasteiger partial charge in [-0.1, -0.05) is 127 Å². The summed E-state index contributed by atoms with van der Waals surface area (Å²) in [5.41, 5.74) is 0.141. The molecule has 1 aromatic rings. The van der Waals surface area contributed by atoms with E-state index in [1.807, 2.05) is 19.1 Å². The van der Waals surface area contributed by atoms with E-state index in [-0.39, 0.29) is 168 Å². The van der Waals surface area contributed by atoms with Crippen molar-refractivity contribution < 1.29 is 79.3 Å². The van der Waals surface area contributed by atoms with Gasteiger partial charge in [0, 0.05) is 22.8 Å². The maximum absolute atomic E-state index is 13.0. The van der Waals surface area contributed by atoms with Crippen molar-refractivity contribution in [2.24, 2.45) is 21.7 Å². The zero-order valence-electron chi connectivity index (χ0n) is 38.5. The van der Waals surface area contributed by atoms with E-state index in [0.717, 1.165) is 67.7 Å². The Morgan fingerprint density at radius 2 is 0.943 bits per heavy atom. The molecular weight excluding hydrogens is 920 g/mol. The number of allylic oxidation sites excluding steroid dienone is 4. The van der Waals surface area contributed by atoms with Gasteiger partial charge in [0.2, 0.25) is 23.6 Å². The van der Waals surface area contributed by atoms with Crippen LogP contribution >= 0.6 is 0 Å². The van der Waals surface area contributed by atoms with Gasteiger partial charge in [-0.2, -0.15) is 0 Å². The Hall–Kier alpha value is -2.63. The van der Waals surface area contributed by atoms with Gasteiger partial charge in [0.05, 0.1) is 77.2 Å². The second kappa shape index (κ2) is 31.8. The topological polar surface area (TPSA) is 190 Å². The summed E-state index contributed by atoms with van der Waals surface area (Å²) < 4.78 is 42.4. The van der Waals surface area contributed by atoms with Gasteiger partial charge in [-0.15, -0.1) is 0 Å². The Labute approximate surface area is 452 Å². The molecular formula is C54H103N4NaO10S. The van der Waals surface area contributed by atoms with Crippen molar-refractivity contribution in [2.75, 3.05) is 47.8 Å². The van der Waals surface area contributed by atoms with Crippen molar-refractivity contribution in [1.29, 1.82) is 0 Å². The summed E-state index contributed by atoms with van der Waals surface area (Å²) in [6, 6.07) is 6.65. The van der Waals surface area contributed by atoms with Gasteiger partial charge in [-0.25, -0.2) is 12.7 Å². The number of aliphatic hydroxyl groups excluding tert-OH is 1. The maximum Gasteiger partial charge on any atom is 1.00 e. The summed E-state index contributed by atoms with van der Waals surface area (Å²) in [5.74, 6) is 0.357. The molecule has 8 aliphatic rings. The predicted molar refractivity (Wildman–Crippen MR) is 286 cm³/mol. The molecule has 6 fully saturated rings. The van der Waals surface area contributed by atoms with E-state index in [4.69, 9.17) is 19.3 Å². The number of hydrogen-bond acceptors (Lipinski definition) is 10. The van der Waals surface area contributed by atoms with Crippen LogP contribution in [0.3, 0.4) is 0 Å². The first-order chi connectivity index (χ1) is 29.2. The molecule has 4 saturated heterocycles. The van der Waals surface area contributed by atoms with Crippen LogP contribution in [0.15, 0.2) is 53.5 Å². The van der Waals surface area contributed by atoms with Crippen LogP contribution in [0.2, 0.25) is 0 Å². The van der Waals surface area contributed by atoms with E-state index in [9.17, 15) is 27.6 Å². The number of nitrogens with one attached hydrogen (secondary N) is 3. The molecule has 4 aliphatic heterocycles. The Morgan fingerprint density at radius 1 is 0.586 bits per heavy atom. The first kappa shape index (κ1) is 73.9. The van der Waals surface area contributed by atoms with Gasteiger partial charge in [0.15, 0.2) is 0 Å². The number of ether oxygens (including phenoxy) is 3. The number of carbonyl (C=O) groups is 4. The normalized spacial score (nSPS) is 24.6. The summed E-state index contributed by atoms with van der Waals surface area (Å²) in [7, 11) is 1.02. The van der Waals surface area contributed by atoms with Crippen molar-refractivity contribution in [2.45, 2.75) is 198 Å². The summed E-state index contributed by atoms with van der Waals surface area (Å²) in [6.07, 6.45) is 23.4. The van der Waals surface area contributed by atoms with Crippen molar-refractivity contribution in [3.8, 4) is 0 Å². The molecule has 0 radical (unpaired) electrons. The third kappa shape index (κ3) is 15.9. The molecule has 0 bridgehead atoms. The number of nitrogens with zero attached hydrogens (tertiary/aromatic N) is 1. The van der Waals surface area contributed by atoms with Crippen LogP contribution < -0.4 is 45.5 Å². The number of amides is 4. The van der Waals surface area contributed by atoms with Crippen LogP contribution in [0.4, 0.5) is 0 Å². The van der Waals surface area contributed by atoms with Gasteiger partial charge in [-0.3, -0.25) is 19.2 Å². The minimum absolute atomic E-state index is 0. The number of hydrogen-bond donors (Lipinski definition) is 4. The van der Waals surface area contributed by atoms with Crippen LogP contribution in [0.25, 0.3) is 0 Å². The van der Waals surface area contributed by atoms with Crippen LogP contribution in [0.5, 0.6) is 0 Å². The fourth-order valence-corrected chi connectivity index (χ4v) is 12.8. The standard InChI is InChI=1S/C17H21NO4S.C10H17NO2.C10H15NO2.C9H15NO2.8CH4.Na.H2.H/c1-13-5-7-15(8-6-13)23(20,21)18-14(12-22-2)11-17(16(18)19)9-3-4-10-17;2*1-13-7-8-6-10(9(12)11-8)4-2-3-5-10;11-6-7-5-9(8(12)10-7)3-1-2-4-9;;;;;;;;;;;/h3-8,14H,9-12H2,1-2H3;8H,2-7H2,1H3,(H,11,12);2-3,8H,4-7H2,1H3,(H,11,12);7,11H,1-6H2,(H,10,12);8*1H4;;1H;/q;;;;;;;;;;;;+1;;-1. The number of rotatable bonds is 9. The molecule has 4 atom stereocenters. The number of aliphatic hydroxyl groups is 1. The molecule has 2 saturated carbocycles. The van der Waals surface area contributed by atoms with E-state index in [0.29, 0.717) is 32.5 Å². The van der Waals surface area contributed by atoms with E-state index >= 15 is 0 Å². The first-order valence-corrected chi connectivity index (χ1v) is 23.6. The predicted octanol–water partition coefficient (Wildman–Crippen LogP) is 7.09. The molecule has 4 N–H and O–H groups in total. The molecule has 0 aromatic heterocycles. The molecule has 4 aliphatic carbocycles. The minimum Gasteiger partial charge on any atom is -1.00 e. The second-order valence-electron chi connectivity index (χ2n) is 18.7. The van der Waals surface area contributed by atoms with Crippen LogP contribution in [0.1, 0.15) is 171 Å². The van der Waals surface area contributed by atoms with E-state index in [1.54, 1.807) is 38.5 Å². The van der Waals surface area contributed by atoms with Gasteiger partial charge in [0.25, 0.3) is 10.0 Å². The molecule has 4 spiro atoms. The summed E-state index contributed by atoms with van der Waals surface area (Å²) >= 11 is 0. The van der Waals surface area contributed by atoms with E-state index < -0.39 is 21.5 Å². The number of sulfonamides is 1. The summed E-state index contributed by atoms with van der Waals surface area (Å²) in [5, 5.41) is 17.8. The fourth-order valence-electron chi connectivity index (χ4n) is 11.1. The van der Waals surface area contributed by atoms with Gasteiger partial charge < -0.3 is 36.7 Å². The number of carbonyl (C=O) groups excluding carboxylic acids is 4. The molecule has 9 rings (SSSR count). The molecule has 1 aromatic carbocycles.